The van der Waals surface area contributed by atoms with E-state index in [-0.39, 0.29) is 11.9 Å². The Hall–Kier alpha value is -1.49. The van der Waals surface area contributed by atoms with Crippen molar-refractivity contribution in [3.63, 3.8) is 0 Å². The molecule has 0 aliphatic carbocycles. The van der Waals surface area contributed by atoms with Crippen molar-refractivity contribution in [1.29, 1.82) is 0 Å². The number of aromatic nitrogens is 1. The lowest BCUT2D eigenvalue weighted by Crippen LogP contribution is -2.17. The monoisotopic (exact) mass is 320 g/mol. The zero-order valence-electron chi connectivity index (χ0n) is 11.4. The molecule has 21 heavy (non-hydrogen) atoms. The molecule has 0 saturated heterocycles. The Kier molecular flexibility index (Phi) is 4.19. The topological polar surface area (TPSA) is 24.9 Å². The molecule has 1 aromatic carbocycles. The van der Waals surface area contributed by atoms with E-state index in [1.165, 1.54) is 10.9 Å². The van der Waals surface area contributed by atoms with E-state index in [0.29, 0.717) is 5.02 Å². The molecule has 1 N–H and O–H groups in total. The van der Waals surface area contributed by atoms with Crippen LogP contribution < -0.4 is 5.32 Å². The summed E-state index contributed by atoms with van der Waals surface area (Å²) >= 11 is 7.85. The number of nitrogens with one attached hydrogen (secondary N) is 1. The molecule has 0 radical (unpaired) electrons. The Morgan fingerprint density at radius 1 is 1.33 bits per heavy atom. The summed E-state index contributed by atoms with van der Waals surface area (Å²) < 4.78 is 14.4. The van der Waals surface area contributed by atoms with Gasteiger partial charge in [0.25, 0.3) is 0 Å². The first-order valence-corrected chi connectivity index (χ1v) is 7.81. The molecule has 1 unspecified atom stereocenters. The van der Waals surface area contributed by atoms with Gasteiger partial charge in [-0.15, -0.1) is 11.3 Å². The average Bonchev–Trinajstić information content (AvgIpc) is 2.89. The van der Waals surface area contributed by atoms with Gasteiger partial charge < -0.3 is 5.32 Å². The van der Waals surface area contributed by atoms with E-state index in [1.54, 1.807) is 29.8 Å². The number of nitrogens with zero attached hydrogens (tertiary/aromatic N) is 1. The number of fused-ring (bicyclic) bond motifs is 1. The number of pyridine rings is 1. The van der Waals surface area contributed by atoms with Gasteiger partial charge in [0.1, 0.15) is 5.82 Å². The van der Waals surface area contributed by atoms with Crippen molar-refractivity contribution < 1.29 is 4.39 Å². The molecule has 0 aliphatic heterocycles. The van der Waals surface area contributed by atoms with E-state index in [1.807, 2.05) is 25.2 Å². The van der Waals surface area contributed by atoms with Crippen LogP contribution in [0.2, 0.25) is 5.02 Å². The van der Waals surface area contributed by atoms with E-state index in [9.17, 15) is 4.39 Å². The van der Waals surface area contributed by atoms with Gasteiger partial charge in [-0.25, -0.2) is 4.39 Å². The molecule has 2 aromatic heterocycles. The van der Waals surface area contributed by atoms with Gasteiger partial charge in [-0.1, -0.05) is 11.6 Å². The summed E-state index contributed by atoms with van der Waals surface area (Å²) in [6.07, 6.45) is 4.17. The van der Waals surface area contributed by atoms with Gasteiger partial charge in [-0.3, -0.25) is 4.98 Å². The lowest BCUT2D eigenvalue weighted by Gasteiger charge is -2.15. The molecule has 0 fully saturated rings. The Bertz CT molecular complexity index is 772. The van der Waals surface area contributed by atoms with Crippen LogP contribution in [0.15, 0.2) is 42.7 Å². The minimum atomic E-state index is -0.204. The Morgan fingerprint density at radius 2 is 2.19 bits per heavy atom. The van der Waals surface area contributed by atoms with Crippen LogP contribution in [-0.2, 0) is 6.42 Å². The summed E-state index contributed by atoms with van der Waals surface area (Å²) in [6.45, 7) is 0. The summed E-state index contributed by atoms with van der Waals surface area (Å²) in [5.41, 5.74) is 1.05. The molecule has 0 saturated carbocycles. The van der Waals surface area contributed by atoms with Crippen molar-refractivity contribution in [1.82, 2.24) is 10.3 Å². The van der Waals surface area contributed by atoms with Gasteiger partial charge in [-0.05, 0) is 54.8 Å². The molecule has 2 heterocycles. The van der Waals surface area contributed by atoms with E-state index >= 15 is 0 Å². The molecule has 5 heteroatoms. The molecule has 3 aromatic rings. The first-order valence-electron chi connectivity index (χ1n) is 6.62. The second-order valence-corrected chi connectivity index (χ2v) is 6.37. The van der Waals surface area contributed by atoms with E-state index < -0.39 is 0 Å². The van der Waals surface area contributed by atoms with Gasteiger partial charge in [0.05, 0.1) is 5.02 Å². The highest BCUT2D eigenvalue weighted by molar-refractivity contribution is 7.19. The fourth-order valence-electron chi connectivity index (χ4n) is 2.34. The summed E-state index contributed by atoms with van der Waals surface area (Å²) in [7, 11) is 1.92. The molecule has 2 nitrogen and oxygen atoms in total. The maximum Gasteiger partial charge on any atom is 0.123 e. The molecule has 0 amide bonds. The van der Waals surface area contributed by atoms with Crippen LogP contribution >= 0.6 is 22.9 Å². The second-order valence-electron chi connectivity index (χ2n) is 4.84. The predicted octanol–water partition coefficient (Wildman–Crippen LogP) is 4.59. The Balaban J connectivity index is 1.93. The summed E-state index contributed by atoms with van der Waals surface area (Å²) in [6, 6.07) is 9.01. The summed E-state index contributed by atoms with van der Waals surface area (Å²) in [5, 5.41) is 4.92. The van der Waals surface area contributed by atoms with Crippen molar-refractivity contribution in [3.8, 4) is 0 Å². The van der Waals surface area contributed by atoms with Crippen LogP contribution in [0.3, 0.4) is 0 Å². The van der Waals surface area contributed by atoms with Gasteiger partial charge in [0.15, 0.2) is 0 Å². The number of halogens is 2. The molecule has 1 atom stereocenters. The summed E-state index contributed by atoms with van der Waals surface area (Å²) in [5.74, 6) is -0.204. The zero-order chi connectivity index (χ0) is 14.8. The van der Waals surface area contributed by atoms with E-state index in [4.69, 9.17) is 11.6 Å². The minimum Gasteiger partial charge on any atom is -0.312 e. The fourth-order valence-corrected chi connectivity index (χ4v) is 3.69. The fraction of sp³-hybridized carbons (Fsp3) is 0.188. The van der Waals surface area contributed by atoms with Gasteiger partial charge in [-0.2, -0.15) is 0 Å². The van der Waals surface area contributed by atoms with Gasteiger partial charge >= 0.3 is 0 Å². The highest BCUT2D eigenvalue weighted by Crippen LogP contribution is 2.32. The molecular formula is C16H14ClFN2S. The summed E-state index contributed by atoms with van der Waals surface area (Å²) in [4.78, 5) is 5.18. The highest BCUT2D eigenvalue weighted by Gasteiger charge is 2.15. The van der Waals surface area contributed by atoms with Crippen LogP contribution in [0.5, 0.6) is 0 Å². The maximum absolute atomic E-state index is 13.3. The molecule has 3 rings (SSSR count). The number of rotatable bonds is 4. The second kappa shape index (κ2) is 6.10. The lowest BCUT2D eigenvalue weighted by molar-refractivity contribution is 0.602. The zero-order valence-corrected chi connectivity index (χ0v) is 13.0. The molecule has 0 bridgehead atoms. The number of hydrogen-bond acceptors (Lipinski definition) is 3. The minimum absolute atomic E-state index is 0.144. The normalized spacial score (nSPS) is 12.7. The quantitative estimate of drug-likeness (QED) is 0.760. The number of hydrogen-bond donors (Lipinski definition) is 1. The van der Waals surface area contributed by atoms with E-state index in [2.05, 4.69) is 10.3 Å². The molecule has 108 valence electrons. The van der Waals surface area contributed by atoms with Crippen LogP contribution in [0.25, 0.3) is 10.1 Å². The first kappa shape index (κ1) is 14.4. The van der Waals surface area contributed by atoms with Crippen LogP contribution in [-0.4, -0.2) is 12.0 Å². The van der Waals surface area contributed by atoms with Crippen LogP contribution in [0.1, 0.15) is 16.5 Å². The highest BCUT2D eigenvalue weighted by atomic mass is 35.5. The molecular weight excluding hydrogens is 307 g/mol. The third kappa shape index (κ3) is 3.07. The third-order valence-corrected chi connectivity index (χ3v) is 5.04. The number of benzene rings is 1. The lowest BCUT2D eigenvalue weighted by atomic mass is 10.1. The average molecular weight is 321 g/mol. The smallest absolute Gasteiger partial charge is 0.123 e. The third-order valence-electron chi connectivity index (χ3n) is 3.47. The van der Waals surface area contributed by atoms with Crippen molar-refractivity contribution in [2.24, 2.45) is 0 Å². The van der Waals surface area contributed by atoms with Crippen LogP contribution in [0.4, 0.5) is 4.39 Å². The van der Waals surface area contributed by atoms with Gasteiger partial charge in [0, 0.05) is 28.0 Å². The SMILES string of the molecule is CNC(Cc1ccncc1Cl)c1cc2cc(F)ccc2s1. The standard InChI is InChI=1S/C16H14ClFN2S/c1-19-14(7-10-4-5-20-9-13(10)17)16-8-11-6-12(18)2-3-15(11)21-16/h2-6,8-9,14,19H,7H2,1H3. The Morgan fingerprint density at radius 3 is 2.95 bits per heavy atom. The maximum atomic E-state index is 13.3. The van der Waals surface area contributed by atoms with Gasteiger partial charge in [0.2, 0.25) is 0 Å². The Labute approximate surface area is 131 Å². The van der Waals surface area contributed by atoms with Crippen molar-refractivity contribution in [2.75, 3.05) is 7.05 Å². The van der Waals surface area contributed by atoms with Crippen molar-refractivity contribution in [2.45, 2.75) is 12.5 Å². The van der Waals surface area contributed by atoms with E-state index in [0.717, 1.165) is 22.1 Å². The molecule has 0 spiro atoms. The number of thiophene rings is 1. The largest absolute Gasteiger partial charge is 0.312 e. The molecule has 0 aliphatic rings. The van der Waals surface area contributed by atoms with Crippen molar-refractivity contribution in [3.05, 3.63) is 64.0 Å². The van der Waals surface area contributed by atoms with Crippen molar-refractivity contribution >= 4 is 33.0 Å². The first-order chi connectivity index (χ1) is 10.2. The number of likely N-dealkylation sites (N-methyl/N-ethyl adjacent to an activating group) is 1. The predicted molar refractivity (Wildman–Crippen MR) is 86.5 cm³/mol. The van der Waals surface area contributed by atoms with Crippen LogP contribution in [0, 0.1) is 5.82 Å².